The van der Waals surface area contributed by atoms with E-state index in [1.54, 1.807) is 5.82 Å². The van der Waals surface area contributed by atoms with E-state index in [4.69, 9.17) is 0 Å². The van der Waals surface area contributed by atoms with E-state index < -0.39 is 0 Å². The van der Waals surface area contributed by atoms with Crippen molar-refractivity contribution in [2.45, 2.75) is 213 Å². The summed E-state index contributed by atoms with van der Waals surface area (Å²) in [6.45, 7) is 5.83. The lowest BCUT2D eigenvalue weighted by molar-refractivity contribution is -0.704. The van der Waals surface area contributed by atoms with Crippen LogP contribution in [0.4, 0.5) is 0 Å². The molecule has 0 atom stereocenters. The maximum Gasteiger partial charge on any atom is 0.256 e. The molecular weight excluding hydrogens is 472 g/mol. The maximum atomic E-state index is 2.55. The van der Waals surface area contributed by atoms with E-state index in [1.165, 1.54) is 199 Å². The van der Waals surface area contributed by atoms with E-state index >= 15 is 0 Å². The highest BCUT2D eigenvalue weighted by Gasteiger charge is 2.13. The first-order valence-corrected chi connectivity index (χ1v) is 18.3. The minimum Gasteiger partial charge on any atom is -0.237 e. The summed E-state index contributed by atoms with van der Waals surface area (Å²) in [6, 6.07) is 0. The zero-order valence-corrected chi connectivity index (χ0v) is 27.5. The van der Waals surface area contributed by atoms with Crippen molar-refractivity contribution in [3.05, 3.63) is 18.2 Å². The molecule has 1 aromatic heterocycles. The Kier molecular flexibility index (Phi) is 26.7. The molecule has 0 aromatic carbocycles. The predicted octanol–water partition coefficient (Wildman–Crippen LogP) is 12.2. The summed E-state index contributed by atoms with van der Waals surface area (Å²) < 4.78 is 4.91. The van der Waals surface area contributed by atoms with Crippen molar-refractivity contribution in [3.8, 4) is 0 Å². The third-order valence-corrected chi connectivity index (χ3v) is 8.97. The molecule has 0 saturated heterocycles. The van der Waals surface area contributed by atoms with Crippen molar-refractivity contribution >= 4 is 0 Å². The summed E-state index contributed by atoms with van der Waals surface area (Å²) in [6.07, 6.45) is 47.6. The van der Waals surface area contributed by atoms with Gasteiger partial charge in [-0.2, -0.15) is 0 Å². The highest BCUT2D eigenvalue weighted by molar-refractivity contribution is 4.82. The molecule has 2 nitrogen and oxygen atoms in total. The summed E-state index contributed by atoms with van der Waals surface area (Å²) in [4.78, 5) is 0. The molecule has 0 bridgehead atoms. The average molecular weight is 546 g/mol. The Balaban J connectivity index is 1.90. The standard InChI is InChI=1S/C37H73N2/c1-4-6-8-10-12-14-16-18-19-20-21-22-24-26-28-30-32-34-39-36-35-38(3)37(39)33-31-29-27-25-23-17-15-13-11-9-7-5-2/h35-36H,4-34H2,1-3H3/q+1. The van der Waals surface area contributed by atoms with Crippen molar-refractivity contribution in [2.75, 3.05) is 0 Å². The van der Waals surface area contributed by atoms with Gasteiger partial charge in [0.25, 0.3) is 5.82 Å². The Hall–Kier alpha value is -0.790. The fraction of sp³-hybridized carbons (Fsp3) is 0.919. The quantitative estimate of drug-likeness (QED) is 0.0648. The summed E-state index contributed by atoms with van der Waals surface area (Å²) in [5, 5.41) is 0. The smallest absolute Gasteiger partial charge is 0.237 e. The molecule has 0 aliphatic rings. The lowest BCUT2D eigenvalue weighted by atomic mass is 10.0. The van der Waals surface area contributed by atoms with Crippen LogP contribution in [0.15, 0.2) is 12.4 Å². The van der Waals surface area contributed by atoms with Gasteiger partial charge in [0.05, 0.1) is 13.6 Å². The van der Waals surface area contributed by atoms with Gasteiger partial charge in [0.2, 0.25) is 0 Å². The first-order valence-electron chi connectivity index (χ1n) is 18.3. The van der Waals surface area contributed by atoms with E-state index in [0.29, 0.717) is 0 Å². The van der Waals surface area contributed by atoms with Crippen molar-refractivity contribution in [3.63, 3.8) is 0 Å². The van der Waals surface area contributed by atoms with Gasteiger partial charge in [-0.05, 0) is 19.3 Å². The Morgan fingerprint density at radius 2 is 0.744 bits per heavy atom. The molecular formula is C37H73N2+. The fourth-order valence-corrected chi connectivity index (χ4v) is 6.21. The second-order valence-corrected chi connectivity index (χ2v) is 12.8. The van der Waals surface area contributed by atoms with E-state index in [9.17, 15) is 0 Å². The molecule has 2 heteroatoms. The molecule has 39 heavy (non-hydrogen) atoms. The fourth-order valence-electron chi connectivity index (χ4n) is 6.21. The molecule has 0 N–H and O–H groups in total. The molecule has 0 saturated carbocycles. The third kappa shape index (κ3) is 22.6. The molecule has 230 valence electrons. The molecule has 0 amide bonds. The summed E-state index contributed by atoms with van der Waals surface area (Å²) in [5.41, 5.74) is 0. The number of imidazole rings is 1. The van der Waals surface area contributed by atoms with Crippen LogP contribution in [0.3, 0.4) is 0 Å². The van der Waals surface area contributed by atoms with Crippen molar-refractivity contribution < 1.29 is 4.57 Å². The zero-order valence-electron chi connectivity index (χ0n) is 27.5. The van der Waals surface area contributed by atoms with Gasteiger partial charge < -0.3 is 0 Å². The predicted molar refractivity (Wildman–Crippen MR) is 175 cm³/mol. The van der Waals surface area contributed by atoms with Crippen LogP contribution >= 0.6 is 0 Å². The first kappa shape index (κ1) is 36.2. The number of unbranched alkanes of at least 4 members (excludes halogenated alkanes) is 27. The van der Waals surface area contributed by atoms with Gasteiger partial charge >= 0.3 is 0 Å². The van der Waals surface area contributed by atoms with Gasteiger partial charge in [-0.25, -0.2) is 9.13 Å². The normalized spacial score (nSPS) is 11.6. The molecule has 1 aromatic rings. The van der Waals surface area contributed by atoms with E-state index in [0.717, 1.165) is 0 Å². The highest BCUT2D eigenvalue weighted by atomic mass is 15.1. The maximum absolute atomic E-state index is 2.55. The van der Waals surface area contributed by atoms with Crippen LogP contribution < -0.4 is 4.57 Å². The Morgan fingerprint density at radius 3 is 1.10 bits per heavy atom. The third-order valence-electron chi connectivity index (χ3n) is 8.97. The van der Waals surface area contributed by atoms with E-state index in [1.807, 2.05) is 0 Å². The van der Waals surface area contributed by atoms with Crippen LogP contribution in [0.5, 0.6) is 0 Å². The van der Waals surface area contributed by atoms with Crippen LogP contribution in [0.25, 0.3) is 0 Å². The van der Waals surface area contributed by atoms with Crippen molar-refractivity contribution in [1.29, 1.82) is 0 Å². The molecule has 0 aliphatic carbocycles. The van der Waals surface area contributed by atoms with Crippen LogP contribution in [0.2, 0.25) is 0 Å². The minimum absolute atomic E-state index is 1.22. The number of aromatic nitrogens is 2. The molecule has 1 heterocycles. The van der Waals surface area contributed by atoms with Crippen molar-refractivity contribution in [2.24, 2.45) is 7.05 Å². The Labute approximate surface area is 247 Å². The van der Waals surface area contributed by atoms with E-state index in [-0.39, 0.29) is 0 Å². The number of aryl methyl sites for hydroxylation is 2. The highest BCUT2D eigenvalue weighted by Crippen LogP contribution is 2.15. The Morgan fingerprint density at radius 1 is 0.436 bits per heavy atom. The molecule has 1 rings (SSSR count). The molecule has 0 radical (unpaired) electrons. The lowest BCUT2D eigenvalue weighted by Gasteiger charge is -2.05. The van der Waals surface area contributed by atoms with Crippen LogP contribution in [-0.2, 0) is 20.0 Å². The zero-order chi connectivity index (χ0) is 28.1. The second-order valence-electron chi connectivity index (χ2n) is 12.8. The lowest BCUT2D eigenvalue weighted by Crippen LogP contribution is -2.37. The summed E-state index contributed by atoms with van der Waals surface area (Å²) in [5.74, 6) is 1.54. The van der Waals surface area contributed by atoms with Gasteiger partial charge in [-0.15, -0.1) is 0 Å². The van der Waals surface area contributed by atoms with Gasteiger partial charge in [-0.3, -0.25) is 0 Å². The number of hydrogen-bond donors (Lipinski definition) is 0. The van der Waals surface area contributed by atoms with Gasteiger partial charge in [0.1, 0.15) is 12.4 Å². The Bertz CT molecular complexity index is 605. The van der Waals surface area contributed by atoms with Crippen molar-refractivity contribution in [1.82, 2.24) is 4.57 Å². The minimum atomic E-state index is 1.22. The SMILES string of the molecule is CCCCCCCCCCCCCCCCCCC[n+]1ccn(C)c1CCCCCCCCCCCCCC. The van der Waals surface area contributed by atoms with Crippen LogP contribution in [0, 0.1) is 0 Å². The summed E-state index contributed by atoms with van der Waals surface area (Å²) in [7, 11) is 2.24. The number of nitrogens with zero attached hydrogens (tertiary/aromatic N) is 2. The largest absolute Gasteiger partial charge is 0.256 e. The molecule has 0 spiro atoms. The van der Waals surface area contributed by atoms with Crippen LogP contribution in [-0.4, -0.2) is 4.57 Å². The topological polar surface area (TPSA) is 8.81 Å². The monoisotopic (exact) mass is 546 g/mol. The van der Waals surface area contributed by atoms with Gasteiger partial charge in [0, 0.05) is 6.42 Å². The summed E-state index contributed by atoms with van der Waals surface area (Å²) >= 11 is 0. The second kappa shape index (κ2) is 28.7. The van der Waals surface area contributed by atoms with Crippen LogP contribution in [0.1, 0.15) is 206 Å². The average Bonchev–Trinajstić information content (AvgIpc) is 3.29. The van der Waals surface area contributed by atoms with E-state index in [2.05, 4.69) is 42.4 Å². The molecule has 0 fully saturated rings. The van der Waals surface area contributed by atoms with Gasteiger partial charge in [0.15, 0.2) is 0 Å². The molecule has 0 aliphatic heterocycles. The van der Waals surface area contributed by atoms with Gasteiger partial charge in [-0.1, -0.05) is 181 Å². The first-order chi connectivity index (χ1) is 19.3. The number of hydrogen-bond acceptors (Lipinski definition) is 0. The molecule has 0 unspecified atom stereocenters. The number of rotatable bonds is 31.